The van der Waals surface area contributed by atoms with E-state index in [4.69, 9.17) is 0 Å². The molecule has 1 unspecified atom stereocenters. The maximum atomic E-state index is 11.8. The molecule has 1 aliphatic rings. The molecule has 7 heteroatoms. The molecule has 0 bridgehead atoms. The summed E-state index contributed by atoms with van der Waals surface area (Å²) < 4.78 is 0. The van der Waals surface area contributed by atoms with Crippen molar-refractivity contribution in [3.8, 4) is 0 Å². The summed E-state index contributed by atoms with van der Waals surface area (Å²) in [6.07, 6.45) is 1.14. The van der Waals surface area contributed by atoms with Gasteiger partial charge in [0.1, 0.15) is 11.9 Å². The Kier molecular flexibility index (Phi) is 4.16. The number of hydrogen-bond donors (Lipinski definition) is 2. The van der Waals surface area contributed by atoms with Crippen LogP contribution in [0.3, 0.4) is 0 Å². The van der Waals surface area contributed by atoms with Gasteiger partial charge in [0.2, 0.25) is 11.9 Å². The number of likely N-dealkylation sites (tertiary alicyclic amines) is 1. The lowest BCUT2D eigenvalue weighted by Crippen LogP contribution is -2.32. The average molecular weight is 277 g/mol. The van der Waals surface area contributed by atoms with Crippen LogP contribution in [0.15, 0.2) is 6.07 Å². The van der Waals surface area contributed by atoms with Crippen LogP contribution in [0.1, 0.15) is 25.5 Å². The fourth-order valence-electron chi connectivity index (χ4n) is 2.01. The number of rotatable bonds is 5. The predicted molar refractivity (Wildman–Crippen MR) is 75.4 cm³/mol. The van der Waals surface area contributed by atoms with Crippen LogP contribution >= 0.6 is 0 Å². The molecule has 1 aromatic heterocycles. The van der Waals surface area contributed by atoms with Gasteiger partial charge in [0.15, 0.2) is 0 Å². The van der Waals surface area contributed by atoms with Crippen LogP contribution in [0.2, 0.25) is 0 Å². The zero-order valence-corrected chi connectivity index (χ0v) is 11.9. The summed E-state index contributed by atoms with van der Waals surface area (Å²) in [5.41, 5.74) is 0.797. The van der Waals surface area contributed by atoms with Gasteiger partial charge in [-0.05, 0) is 13.3 Å². The lowest BCUT2D eigenvalue weighted by Gasteiger charge is -2.13. The fraction of sp³-hybridized carbons (Fsp3) is 0.538. The monoisotopic (exact) mass is 277 g/mol. The standard InChI is InChI=1S/C13H19N5O2/c1-4-5-14-13-15-8(2)6-10(17-13)16-9-7-11(19)18(3)12(9)20/h6,9H,4-5,7H2,1-3H3,(H2,14,15,16,17). The number of nitrogens with one attached hydrogen (secondary N) is 2. The molecular weight excluding hydrogens is 258 g/mol. The number of nitrogens with zero attached hydrogens (tertiary/aromatic N) is 3. The molecule has 20 heavy (non-hydrogen) atoms. The highest BCUT2D eigenvalue weighted by Gasteiger charge is 2.36. The van der Waals surface area contributed by atoms with E-state index in [0.29, 0.717) is 11.8 Å². The first-order valence-corrected chi connectivity index (χ1v) is 6.67. The normalized spacial score (nSPS) is 18.6. The Balaban J connectivity index is 2.11. The van der Waals surface area contributed by atoms with Crippen molar-refractivity contribution in [3.63, 3.8) is 0 Å². The molecule has 2 N–H and O–H groups in total. The first-order chi connectivity index (χ1) is 9.51. The van der Waals surface area contributed by atoms with E-state index < -0.39 is 6.04 Å². The summed E-state index contributed by atoms with van der Waals surface area (Å²) in [7, 11) is 1.49. The maximum Gasteiger partial charge on any atom is 0.251 e. The number of carbonyl (C=O) groups excluding carboxylic acids is 2. The third kappa shape index (κ3) is 3.04. The van der Waals surface area contributed by atoms with Crippen LogP contribution in [-0.2, 0) is 9.59 Å². The van der Waals surface area contributed by atoms with Crippen LogP contribution in [0.4, 0.5) is 11.8 Å². The third-order valence-electron chi connectivity index (χ3n) is 3.09. The SMILES string of the molecule is CCCNc1nc(C)cc(NC2CC(=O)N(C)C2=O)n1. The number of hydrogen-bond acceptors (Lipinski definition) is 6. The molecule has 1 fully saturated rings. The van der Waals surface area contributed by atoms with E-state index in [2.05, 4.69) is 27.5 Å². The number of aryl methyl sites for hydroxylation is 1. The lowest BCUT2D eigenvalue weighted by molar-refractivity contribution is -0.136. The Morgan fingerprint density at radius 3 is 2.75 bits per heavy atom. The van der Waals surface area contributed by atoms with Gasteiger partial charge >= 0.3 is 0 Å². The largest absolute Gasteiger partial charge is 0.358 e. The van der Waals surface area contributed by atoms with Gasteiger partial charge in [0.05, 0.1) is 6.42 Å². The molecule has 1 aromatic rings. The van der Waals surface area contributed by atoms with Gasteiger partial charge in [-0.25, -0.2) is 4.98 Å². The van der Waals surface area contributed by atoms with Crippen molar-refractivity contribution in [2.24, 2.45) is 0 Å². The van der Waals surface area contributed by atoms with E-state index in [0.717, 1.165) is 23.6 Å². The Bertz CT molecular complexity index is 531. The first-order valence-electron chi connectivity index (χ1n) is 6.67. The second kappa shape index (κ2) is 5.85. The quantitative estimate of drug-likeness (QED) is 0.773. The molecular formula is C13H19N5O2. The fourth-order valence-corrected chi connectivity index (χ4v) is 2.01. The summed E-state index contributed by atoms with van der Waals surface area (Å²) >= 11 is 0. The predicted octanol–water partition coefficient (Wildman–Crippen LogP) is 0.776. The third-order valence-corrected chi connectivity index (χ3v) is 3.09. The minimum atomic E-state index is -0.541. The summed E-state index contributed by atoms with van der Waals surface area (Å²) in [6.45, 7) is 4.70. The van der Waals surface area contributed by atoms with Crippen LogP contribution in [-0.4, -0.2) is 46.3 Å². The molecule has 1 aliphatic heterocycles. The first kappa shape index (κ1) is 14.2. The lowest BCUT2D eigenvalue weighted by atomic mass is 10.2. The number of imide groups is 1. The maximum absolute atomic E-state index is 11.8. The molecule has 108 valence electrons. The van der Waals surface area contributed by atoms with Gasteiger partial charge in [-0.15, -0.1) is 0 Å². The van der Waals surface area contributed by atoms with E-state index >= 15 is 0 Å². The van der Waals surface area contributed by atoms with Gasteiger partial charge in [0, 0.05) is 25.4 Å². The zero-order valence-electron chi connectivity index (χ0n) is 11.9. The highest BCUT2D eigenvalue weighted by Crippen LogP contribution is 2.17. The van der Waals surface area contributed by atoms with Gasteiger partial charge in [-0.2, -0.15) is 4.98 Å². The summed E-state index contributed by atoms with van der Waals surface area (Å²) in [4.78, 5) is 33.0. The number of aromatic nitrogens is 2. The van der Waals surface area contributed by atoms with Crippen molar-refractivity contribution in [2.45, 2.75) is 32.7 Å². The van der Waals surface area contributed by atoms with E-state index in [-0.39, 0.29) is 18.2 Å². The topological polar surface area (TPSA) is 87.2 Å². The van der Waals surface area contributed by atoms with Crippen LogP contribution < -0.4 is 10.6 Å². The Morgan fingerprint density at radius 2 is 2.15 bits per heavy atom. The molecule has 2 heterocycles. The highest BCUT2D eigenvalue weighted by molar-refractivity contribution is 6.06. The van der Waals surface area contributed by atoms with Crippen LogP contribution in [0.5, 0.6) is 0 Å². The second-order valence-electron chi connectivity index (χ2n) is 4.84. The molecule has 7 nitrogen and oxygen atoms in total. The molecule has 0 saturated carbocycles. The van der Waals surface area contributed by atoms with Gasteiger partial charge < -0.3 is 10.6 Å². The average Bonchev–Trinajstić information content (AvgIpc) is 2.63. The molecule has 0 aromatic carbocycles. The summed E-state index contributed by atoms with van der Waals surface area (Å²) in [6, 6.07) is 1.22. The molecule has 0 spiro atoms. The molecule has 0 aliphatic carbocycles. The van der Waals surface area contributed by atoms with Gasteiger partial charge in [-0.3, -0.25) is 14.5 Å². The van der Waals surface area contributed by atoms with Crippen LogP contribution in [0.25, 0.3) is 0 Å². The van der Waals surface area contributed by atoms with Gasteiger partial charge in [0.25, 0.3) is 5.91 Å². The minimum absolute atomic E-state index is 0.163. The second-order valence-corrected chi connectivity index (χ2v) is 4.84. The molecule has 2 amide bonds. The van der Waals surface area contributed by atoms with Crippen molar-refractivity contribution in [2.75, 3.05) is 24.2 Å². The number of anilines is 2. The molecule has 0 radical (unpaired) electrons. The molecule has 2 rings (SSSR count). The number of amides is 2. The van der Waals surface area contributed by atoms with Crippen molar-refractivity contribution in [3.05, 3.63) is 11.8 Å². The van der Waals surface area contributed by atoms with Crippen molar-refractivity contribution < 1.29 is 9.59 Å². The van der Waals surface area contributed by atoms with Crippen molar-refractivity contribution in [1.82, 2.24) is 14.9 Å². The molecule has 1 saturated heterocycles. The van der Waals surface area contributed by atoms with E-state index in [1.807, 2.05) is 6.92 Å². The van der Waals surface area contributed by atoms with Crippen molar-refractivity contribution in [1.29, 1.82) is 0 Å². The smallest absolute Gasteiger partial charge is 0.251 e. The molecule has 1 atom stereocenters. The Labute approximate surface area is 117 Å². The number of likely N-dealkylation sites (N-methyl/N-ethyl adjacent to an activating group) is 1. The number of carbonyl (C=O) groups is 2. The van der Waals surface area contributed by atoms with Gasteiger partial charge in [-0.1, -0.05) is 6.92 Å². The zero-order chi connectivity index (χ0) is 14.7. The Morgan fingerprint density at radius 1 is 1.40 bits per heavy atom. The Hall–Kier alpha value is -2.18. The van der Waals surface area contributed by atoms with E-state index in [9.17, 15) is 9.59 Å². The summed E-state index contributed by atoms with van der Waals surface area (Å²) in [5.74, 6) is 0.675. The van der Waals surface area contributed by atoms with E-state index in [1.165, 1.54) is 7.05 Å². The van der Waals surface area contributed by atoms with Crippen molar-refractivity contribution >= 4 is 23.6 Å². The highest BCUT2D eigenvalue weighted by atomic mass is 16.2. The van der Waals surface area contributed by atoms with Crippen LogP contribution in [0, 0.1) is 6.92 Å². The summed E-state index contributed by atoms with van der Waals surface area (Å²) in [5, 5.41) is 6.11. The minimum Gasteiger partial charge on any atom is -0.358 e. The van der Waals surface area contributed by atoms with E-state index in [1.54, 1.807) is 6.07 Å².